The average molecular weight is 1050 g/mol. The van der Waals surface area contributed by atoms with Gasteiger partial charge in [-0.25, -0.2) is 0 Å². The van der Waals surface area contributed by atoms with Crippen LogP contribution in [-0.2, 0) is 19.1 Å². The molecule has 0 spiro atoms. The first kappa shape index (κ1) is 77.0. The van der Waals surface area contributed by atoms with E-state index in [1.165, 1.54) is 334 Å². The number of carbonyl (C=O) groups is 2. The monoisotopic (exact) mass is 1050 g/mol. The van der Waals surface area contributed by atoms with Crippen LogP contribution >= 0.6 is 0 Å². The van der Waals surface area contributed by atoms with Gasteiger partial charge >= 0.3 is 0 Å². The third-order valence-corrected chi connectivity index (χ3v) is 15.5. The van der Waals surface area contributed by atoms with Gasteiger partial charge < -0.3 is 29.5 Å². The van der Waals surface area contributed by atoms with Crippen molar-refractivity contribution in [3.63, 3.8) is 0 Å². The maximum absolute atomic E-state index is 8.36. The first-order valence-electron chi connectivity index (χ1n) is 33.3. The van der Waals surface area contributed by atoms with Gasteiger partial charge in [-0.05, 0) is 57.8 Å². The van der Waals surface area contributed by atoms with Crippen molar-refractivity contribution < 1.29 is 29.3 Å². The van der Waals surface area contributed by atoms with E-state index in [4.69, 9.17) is 29.3 Å². The van der Waals surface area contributed by atoms with Crippen molar-refractivity contribution in [1.82, 2.24) is 9.80 Å². The number of unbranched alkanes of at least 4 members (excludes halogenated alkanes) is 39. The van der Waals surface area contributed by atoms with Gasteiger partial charge in [0.2, 0.25) is 0 Å². The van der Waals surface area contributed by atoms with Gasteiger partial charge in [0, 0.05) is 13.1 Å². The lowest BCUT2D eigenvalue weighted by Gasteiger charge is -2.23. The van der Waals surface area contributed by atoms with E-state index < -0.39 is 0 Å². The highest BCUT2D eigenvalue weighted by atomic mass is 16.5. The fourth-order valence-corrected chi connectivity index (χ4v) is 10.7. The number of nitrogens with zero attached hydrogens (tertiary/aromatic N) is 2. The molecule has 0 heterocycles. The van der Waals surface area contributed by atoms with Gasteiger partial charge in [-0.3, -0.25) is 9.59 Å². The molecule has 0 fully saturated rings. The number of hydrogen-bond acceptors (Lipinski definition) is 6. The second-order valence-electron chi connectivity index (χ2n) is 22.5. The molecule has 8 heteroatoms. The molecule has 0 atom stereocenters. The highest BCUT2D eigenvalue weighted by Crippen LogP contribution is 2.25. The van der Waals surface area contributed by atoms with Crippen LogP contribution in [0.15, 0.2) is 0 Å². The summed E-state index contributed by atoms with van der Waals surface area (Å²) in [5.74, 6) is 0.993. The SMILES string of the molecule is CCCCCCCCCCCCCCCCN(CCCCCCCC(CCCCCCCC)CCCCCCCC)CCOCCOCCN(CCCCCCCCC)CCCCCCCCC.O=CO.O=CO. The molecule has 0 aliphatic rings. The Labute approximate surface area is 464 Å². The predicted molar refractivity (Wildman–Crippen MR) is 325 cm³/mol. The molecule has 0 amide bonds. The third-order valence-electron chi connectivity index (χ3n) is 15.5. The summed E-state index contributed by atoms with van der Waals surface area (Å²) in [5.41, 5.74) is 0. The van der Waals surface area contributed by atoms with Crippen molar-refractivity contribution in [2.24, 2.45) is 5.92 Å². The van der Waals surface area contributed by atoms with E-state index in [-0.39, 0.29) is 12.9 Å². The summed E-state index contributed by atoms with van der Waals surface area (Å²) in [6.07, 6.45) is 68.5. The minimum Gasteiger partial charge on any atom is -0.483 e. The van der Waals surface area contributed by atoms with Crippen LogP contribution < -0.4 is 0 Å². The van der Waals surface area contributed by atoms with Crippen molar-refractivity contribution in [2.45, 2.75) is 343 Å². The largest absolute Gasteiger partial charge is 0.483 e. The standard InChI is InChI=1S/C64H132N2O2.2CH2O2/c1-6-11-16-21-26-27-28-29-30-31-32-35-42-49-56-66(57-50-43-36-39-46-53-64(51-44-37-24-19-14-9-4)52-45-38-25-20-15-10-5)59-61-68-63-62-67-60-58-65(54-47-40-33-22-17-12-7-2)55-48-41-34-23-18-13-8-3;2*2-1-3/h64H,6-63H2,1-5H3;2*1H,(H,2,3). The van der Waals surface area contributed by atoms with E-state index in [0.29, 0.717) is 0 Å². The predicted octanol–water partition coefficient (Wildman–Crippen LogP) is 20.5. The number of ether oxygens (including phenoxy) is 2. The summed E-state index contributed by atoms with van der Waals surface area (Å²) in [4.78, 5) is 22.2. The zero-order valence-electron chi connectivity index (χ0n) is 51.2. The van der Waals surface area contributed by atoms with Gasteiger partial charge in [0.15, 0.2) is 0 Å². The van der Waals surface area contributed by atoms with Crippen LogP contribution in [0.5, 0.6) is 0 Å². The van der Waals surface area contributed by atoms with Gasteiger partial charge in [0.25, 0.3) is 12.9 Å². The normalized spacial score (nSPS) is 11.4. The second-order valence-corrected chi connectivity index (χ2v) is 22.5. The lowest BCUT2D eigenvalue weighted by Crippen LogP contribution is -2.31. The molecule has 8 nitrogen and oxygen atoms in total. The van der Waals surface area contributed by atoms with Crippen molar-refractivity contribution in [3.05, 3.63) is 0 Å². The van der Waals surface area contributed by atoms with Crippen LogP contribution in [0.4, 0.5) is 0 Å². The van der Waals surface area contributed by atoms with Crippen LogP contribution in [0.1, 0.15) is 343 Å². The summed E-state index contributed by atoms with van der Waals surface area (Å²) in [7, 11) is 0. The third kappa shape index (κ3) is 70.8. The van der Waals surface area contributed by atoms with Gasteiger partial charge in [0.1, 0.15) is 0 Å². The Kier molecular flexibility index (Phi) is 76.9. The van der Waals surface area contributed by atoms with E-state index in [2.05, 4.69) is 44.4 Å². The van der Waals surface area contributed by atoms with Crippen LogP contribution in [0.3, 0.4) is 0 Å². The second kappa shape index (κ2) is 73.9. The molecule has 0 aromatic heterocycles. The first-order valence-corrected chi connectivity index (χ1v) is 33.3. The lowest BCUT2D eigenvalue weighted by atomic mass is 9.89. The number of hydrogen-bond donors (Lipinski definition) is 2. The van der Waals surface area contributed by atoms with Crippen LogP contribution in [0.25, 0.3) is 0 Å². The molecule has 0 rings (SSSR count). The van der Waals surface area contributed by atoms with Crippen molar-refractivity contribution >= 4 is 12.9 Å². The summed E-state index contributed by atoms with van der Waals surface area (Å²) < 4.78 is 12.4. The molecular formula is C66H136N2O6. The zero-order chi connectivity index (χ0) is 54.6. The molecule has 0 radical (unpaired) electrons. The molecule has 0 aromatic carbocycles. The summed E-state index contributed by atoms with van der Waals surface area (Å²) in [5, 5.41) is 13.8. The smallest absolute Gasteiger partial charge is 0.290 e. The van der Waals surface area contributed by atoms with Crippen LogP contribution in [0.2, 0.25) is 0 Å². The maximum atomic E-state index is 8.36. The van der Waals surface area contributed by atoms with Crippen molar-refractivity contribution in [2.75, 3.05) is 65.7 Å². The Balaban J connectivity index is -0.00000797. The quantitative estimate of drug-likeness (QED) is 0.0459. The maximum Gasteiger partial charge on any atom is 0.290 e. The average Bonchev–Trinajstić information content (AvgIpc) is 3.40. The van der Waals surface area contributed by atoms with Crippen molar-refractivity contribution in [3.8, 4) is 0 Å². The molecule has 446 valence electrons. The zero-order valence-corrected chi connectivity index (χ0v) is 51.2. The number of rotatable bonds is 62. The fourth-order valence-electron chi connectivity index (χ4n) is 10.7. The Morgan fingerprint density at radius 3 is 0.649 bits per heavy atom. The van der Waals surface area contributed by atoms with Gasteiger partial charge in [0.05, 0.1) is 26.4 Å². The molecule has 0 aromatic rings. The van der Waals surface area contributed by atoms with E-state index in [9.17, 15) is 0 Å². The Morgan fingerprint density at radius 1 is 0.270 bits per heavy atom. The minimum atomic E-state index is -0.250. The molecule has 0 unspecified atom stereocenters. The summed E-state index contributed by atoms with van der Waals surface area (Å²) >= 11 is 0. The lowest BCUT2D eigenvalue weighted by molar-refractivity contribution is -0.123. The minimum absolute atomic E-state index is 0.250. The fraction of sp³-hybridized carbons (Fsp3) is 0.970. The Morgan fingerprint density at radius 2 is 0.446 bits per heavy atom. The topological polar surface area (TPSA) is 99.5 Å². The first-order chi connectivity index (χ1) is 36.5. The highest BCUT2D eigenvalue weighted by Gasteiger charge is 2.11. The van der Waals surface area contributed by atoms with Crippen LogP contribution in [-0.4, -0.2) is 98.7 Å². The molecule has 0 bridgehead atoms. The van der Waals surface area contributed by atoms with Crippen molar-refractivity contribution in [1.29, 1.82) is 0 Å². The van der Waals surface area contributed by atoms with Gasteiger partial charge in [-0.2, -0.15) is 0 Å². The summed E-state index contributed by atoms with van der Waals surface area (Å²) in [6.45, 7) is 21.5. The molecular weight excluding hydrogens is 917 g/mol. The highest BCUT2D eigenvalue weighted by molar-refractivity contribution is 5.33. The molecule has 0 saturated heterocycles. The van der Waals surface area contributed by atoms with Crippen LogP contribution in [0, 0.1) is 5.92 Å². The van der Waals surface area contributed by atoms with E-state index in [0.717, 1.165) is 45.4 Å². The van der Waals surface area contributed by atoms with Gasteiger partial charge in [-0.15, -0.1) is 0 Å². The van der Waals surface area contributed by atoms with Gasteiger partial charge in [-0.1, -0.05) is 317 Å². The van der Waals surface area contributed by atoms with E-state index >= 15 is 0 Å². The molecule has 0 saturated carbocycles. The molecule has 74 heavy (non-hydrogen) atoms. The molecule has 0 aliphatic carbocycles. The Hall–Kier alpha value is -1.22. The van der Waals surface area contributed by atoms with E-state index in [1.807, 2.05) is 0 Å². The number of carboxylic acid groups (broad SMARTS) is 2. The Bertz CT molecular complexity index is 933. The summed E-state index contributed by atoms with van der Waals surface area (Å²) in [6, 6.07) is 0. The molecule has 0 aliphatic heterocycles. The van der Waals surface area contributed by atoms with E-state index in [1.54, 1.807) is 0 Å². The molecule has 2 N–H and O–H groups in total.